The normalized spacial score (nSPS) is 17.7. The molecule has 0 saturated heterocycles. The van der Waals surface area contributed by atoms with Gasteiger partial charge in [-0.05, 0) is 30.5 Å². The Kier molecular flexibility index (Phi) is 3.18. The molecule has 2 aromatic rings. The van der Waals surface area contributed by atoms with E-state index in [1.165, 1.54) is 0 Å². The second-order valence-electron chi connectivity index (χ2n) is 5.13. The van der Waals surface area contributed by atoms with Crippen molar-refractivity contribution >= 4 is 5.97 Å². The van der Waals surface area contributed by atoms with E-state index in [2.05, 4.69) is 4.98 Å². The lowest BCUT2D eigenvalue weighted by Gasteiger charge is -2.22. The van der Waals surface area contributed by atoms with Gasteiger partial charge in [-0.2, -0.15) is 0 Å². The molecule has 1 atom stereocenters. The second kappa shape index (κ2) is 5.00. The topological polar surface area (TPSA) is 75.3 Å². The molecule has 20 heavy (non-hydrogen) atoms. The maximum absolute atomic E-state index is 11.3. The molecule has 5 nitrogen and oxygen atoms in total. The van der Waals surface area contributed by atoms with Gasteiger partial charge in [0.15, 0.2) is 0 Å². The van der Waals surface area contributed by atoms with Crippen LogP contribution in [0.3, 0.4) is 0 Å². The van der Waals surface area contributed by atoms with Crippen LogP contribution in [0.15, 0.2) is 30.5 Å². The van der Waals surface area contributed by atoms with Crippen molar-refractivity contribution in [3.8, 4) is 5.75 Å². The molecule has 2 N–H and O–H groups in total. The van der Waals surface area contributed by atoms with E-state index in [-0.39, 0.29) is 5.75 Å². The van der Waals surface area contributed by atoms with Crippen molar-refractivity contribution in [3.05, 3.63) is 47.5 Å². The van der Waals surface area contributed by atoms with E-state index in [0.29, 0.717) is 12.8 Å². The molecule has 0 aliphatic carbocycles. The van der Waals surface area contributed by atoms with E-state index in [1.54, 1.807) is 24.4 Å². The molecule has 3 rings (SSSR count). The van der Waals surface area contributed by atoms with Crippen LogP contribution in [-0.4, -0.2) is 25.7 Å². The van der Waals surface area contributed by atoms with E-state index in [4.69, 9.17) is 0 Å². The lowest BCUT2D eigenvalue weighted by molar-refractivity contribution is -0.139. The molecular formula is C15H16N2O3. The first-order valence-corrected chi connectivity index (χ1v) is 6.70. The molecule has 0 radical (unpaired) electrons. The molecule has 5 heteroatoms. The van der Waals surface area contributed by atoms with Gasteiger partial charge in [-0.25, -0.2) is 4.98 Å². The fourth-order valence-corrected chi connectivity index (χ4v) is 2.81. The van der Waals surface area contributed by atoms with E-state index in [1.807, 2.05) is 10.6 Å². The van der Waals surface area contributed by atoms with Gasteiger partial charge in [0, 0.05) is 19.2 Å². The van der Waals surface area contributed by atoms with Crippen LogP contribution in [0.4, 0.5) is 0 Å². The standard InChI is InChI=1S/C15H16N2O3/c18-11-4-1-3-10(7-11)8-14-16-9-13-12(15(19)20)5-2-6-17(13)14/h1,3-4,7,9,12,18H,2,5-6,8H2,(H,19,20). The van der Waals surface area contributed by atoms with Crippen molar-refractivity contribution in [2.45, 2.75) is 31.7 Å². The summed E-state index contributed by atoms with van der Waals surface area (Å²) in [5.41, 5.74) is 1.76. The Labute approximate surface area is 116 Å². The number of hydrogen-bond donors (Lipinski definition) is 2. The minimum absolute atomic E-state index is 0.233. The van der Waals surface area contributed by atoms with Crippen molar-refractivity contribution in [1.29, 1.82) is 0 Å². The number of fused-ring (bicyclic) bond motifs is 1. The van der Waals surface area contributed by atoms with Gasteiger partial charge >= 0.3 is 5.97 Å². The number of nitrogens with zero attached hydrogens (tertiary/aromatic N) is 2. The Morgan fingerprint density at radius 1 is 1.45 bits per heavy atom. The molecule has 0 saturated carbocycles. The summed E-state index contributed by atoms with van der Waals surface area (Å²) in [5, 5.41) is 18.7. The fourth-order valence-electron chi connectivity index (χ4n) is 2.81. The maximum Gasteiger partial charge on any atom is 0.312 e. The Morgan fingerprint density at radius 3 is 3.05 bits per heavy atom. The first kappa shape index (κ1) is 12.7. The van der Waals surface area contributed by atoms with Crippen LogP contribution in [0, 0.1) is 0 Å². The quantitative estimate of drug-likeness (QED) is 0.897. The maximum atomic E-state index is 11.3. The fraction of sp³-hybridized carbons (Fsp3) is 0.333. The molecule has 1 aromatic carbocycles. The van der Waals surface area contributed by atoms with Gasteiger partial charge in [-0.15, -0.1) is 0 Å². The van der Waals surface area contributed by atoms with E-state index in [0.717, 1.165) is 30.0 Å². The minimum Gasteiger partial charge on any atom is -0.508 e. The summed E-state index contributed by atoms with van der Waals surface area (Å²) in [6.07, 6.45) is 3.80. The van der Waals surface area contributed by atoms with Crippen molar-refractivity contribution in [3.63, 3.8) is 0 Å². The Morgan fingerprint density at radius 2 is 2.30 bits per heavy atom. The summed E-state index contributed by atoms with van der Waals surface area (Å²) in [4.78, 5) is 15.6. The molecule has 1 aromatic heterocycles. The highest BCUT2D eigenvalue weighted by Gasteiger charge is 2.28. The first-order chi connectivity index (χ1) is 9.65. The Hall–Kier alpha value is -2.30. The average Bonchev–Trinajstić information content (AvgIpc) is 2.82. The van der Waals surface area contributed by atoms with Crippen LogP contribution in [0.1, 0.15) is 35.8 Å². The third-order valence-electron chi connectivity index (χ3n) is 3.77. The smallest absolute Gasteiger partial charge is 0.312 e. The van der Waals surface area contributed by atoms with Gasteiger partial charge in [-0.3, -0.25) is 4.79 Å². The summed E-state index contributed by atoms with van der Waals surface area (Å²) < 4.78 is 2.01. The molecule has 0 bridgehead atoms. The summed E-state index contributed by atoms with van der Waals surface area (Å²) in [5.74, 6) is -0.142. The van der Waals surface area contributed by atoms with Crippen molar-refractivity contribution in [2.24, 2.45) is 0 Å². The number of hydrogen-bond acceptors (Lipinski definition) is 3. The number of aromatic nitrogens is 2. The van der Waals surface area contributed by atoms with Crippen molar-refractivity contribution < 1.29 is 15.0 Å². The minimum atomic E-state index is -0.783. The average molecular weight is 272 g/mol. The molecule has 0 spiro atoms. The number of carboxylic acid groups (broad SMARTS) is 1. The molecule has 1 aliphatic heterocycles. The molecule has 1 aliphatic rings. The van der Waals surface area contributed by atoms with Crippen molar-refractivity contribution in [1.82, 2.24) is 9.55 Å². The van der Waals surface area contributed by atoms with Gasteiger partial charge in [0.25, 0.3) is 0 Å². The molecular weight excluding hydrogens is 256 g/mol. The zero-order chi connectivity index (χ0) is 14.1. The van der Waals surface area contributed by atoms with Crippen LogP contribution < -0.4 is 0 Å². The molecule has 0 fully saturated rings. The molecule has 104 valence electrons. The second-order valence-corrected chi connectivity index (χ2v) is 5.13. The van der Waals surface area contributed by atoms with E-state index >= 15 is 0 Å². The summed E-state index contributed by atoms with van der Waals surface area (Å²) in [6, 6.07) is 7.06. The number of phenolic OH excluding ortho intramolecular Hbond substituents is 1. The zero-order valence-corrected chi connectivity index (χ0v) is 11.0. The lowest BCUT2D eigenvalue weighted by atomic mass is 9.96. The Bertz CT molecular complexity index is 648. The van der Waals surface area contributed by atoms with Gasteiger partial charge < -0.3 is 14.8 Å². The number of benzene rings is 1. The third kappa shape index (κ3) is 2.27. The monoisotopic (exact) mass is 272 g/mol. The van der Waals surface area contributed by atoms with Crippen LogP contribution in [-0.2, 0) is 17.8 Å². The predicted octanol–water partition coefficient (Wildman–Crippen LogP) is 2.14. The summed E-state index contributed by atoms with van der Waals surface area (Å²) in [7, 11) is 0. The number of carbonyl (C=O) groups is 1. The van der Waals surface area contributed by atoms with Gasteiger partial charge in [0.2, 0.25) is 0 Å². The largest absolute Gasteiger partial charge is 0.508 e. The first-order valence-electron chi connectivity index (χ1n) is 6.70. The predicted molar refractivity (Wildman–Crippen MR) is 72.8 cm³/mol. The van der Waals surface area contributed by atoms with E-state index in [9.17, 15) is 15.0 Å². The number of carboxylic acids is 1. The highest BCUT2D eigenvalue weighted by Crippen LogP contribution is 2.29. The highest BCUT2D eigenvalue weighted by molar-refractivity contribution is 5.75. The molecule has 0 amide bonds. The molecule has 2 heterocycles. The van der Waals surface area contributed by atoms with Crippen LogP contribution >= 0.6 is 0 Å². The van der Waals surface area contributed by atoms with Gasteiger partial charge in [-0.1, -0.05) is 12.1 Å². The van der Waals surface area contributed by atoms with Gasteiger partial charge in [0.05, 0.1) is 11.6 Å². The third-order valence-corrected chi connectivity index (χ3v) is 3.77. The highest BCUT2D eigenvalue weighted by atomic mass is 16.4. The number of imidazole rings is 1. The summed E-state index contributed by atoms with van der Waals surface area (Å²) in [6.45, 7) is 0.813. The van der Waals surface area contributed by atoms with Crippen molar-refractivity contribution in [2.75, 3.05) is 0 Å². The number of rotatable bonds is 3. The number of aromatic hydroxyl groups is 1. The van der Waals surface area contributed by atoms with Crippen LogP contribution in [0.25, 0.3) is 0 Å². The zero-order valence-electron chi connectivity index (χ0n) is 11.0. The number of phenols is 1. The van der Waals surface area contributed by atoms with Crippen LogP contribution in [0.2, 0.25) is 0 Å². The van der Waals surface area contributed by atoms with Gasteiger partial charge in [0.1, 0.15) is 11.6 Å². The molecule has 1 unspecified atom stereocenters. The SMILES string of the molecule is O=C(O)C1CCCn2c1cnc2Cc1cccc(O)c1. The van der Waals surface area contributed by atoms with Crippen LogP contribution in [0.5, 0.6) is 5.75 Å². The lowest BCUT2D eigenvalue weighted by Crippen LogP contribution is -2.22. The number of aliphatic carboxylic acids is 1. The Balaban J connectivity index is 1.91. The van der Waals surface area contributed by atoms with E-state index < -0.39 is 11.9 Å². The summed E-state index contributed by atoms with van der Waals surface area (Å²) >= 11 is 0.